The van der Waals surface area contributed by atoms with Crippen molar-refractivity contribution in [1.82, 2.24) is 9.97 Å². The Labute approximate surface area is 110 Å². The highest BCUT2D eigenvalue weighted by Gasteiger charge is 2.05. The Kier molecular flexibility index (Phi) is 3.12. The van der Waals surface area contributed by atoms with E-state index in [1.54, 1.807) is 12.5 Å². The SMILES string of the molecule is NCc1nccc(NCc2coc3ccccc23)n1. The van der Waals surface area contributed by atoms with E-state index < -0.39 is 0 Å². The monoisotopic (exact) mass is 254 g/mol. The van der Waals surface area contributed by atoms with Gasteiger partial charge in [0.1, 0.15) is 17.2 Å². The van der Waals surface area contributed by atoms with Gasteiger partial charge in [-0.2, -0.15) is 0 Å². The summed E-state index contributed by atoms with van der Waals surface area (Å²) in [5.74, 6) is 1.39. The molecule has 1 aromatic carbocycles. The minimum atomic E-state index is 0.337. The van der Waals surface area contributed by atoms with E-state index in [2.05, 4.69) is 15.3 Å². The van der Waals surface area contributed by atoms with Crippen molar-refractivity contribution >= 4 is 16.8 Å². The maximum absolute atomic E-state index is 5.52. The molecule has 0 aliphatic carbocycles. The Hall–Kier alpha value is -2.40. The standard InChI is InChI=1S/C14H14N4O/c15-7-14-16-6-5-13(18-14)17-8-10-9-19-12-4-2-1-3-11(10)12/h1-6,9H,7-8,15H2,(H,16,17,18). The van der Waals surface area contributed by atoms with Gasteiger partial charge in [-0.15, -0.1) is 0 Å². The molecule has 0 atom stereocenters. The number of benzene rings is 1. The van der Waals surface area contributed by atoms with E-state index in [0.29, 0.717) is 18.9 Å². The highest BCUT2D eigenvalue weighted by atomic mass is 16.3. The summed E-state index contributed by atoms with van der Waals surface area (Å²) in [7, 11) is 0. The molecular formula is C14H14N4O. The van der Waals surface area contributed by atoms with Gasteiger partial charge >= 0.3 is 0 Å². The van der Waals surface area contributed by atoms with Crippen LogP contribution in [0.25, 0.3) is 11.0 Å². The lowest BCUT2D eigenvalue weighted by atomic mass is 10.2. The predicted molar refractivity (Wildman–Crippen MR) is 73.5 cm³/mol. The van der Waals surface area contributed by atoms with E-state index in [1.165, 1.54) is 0 Å². The smallest absolute Gasteiger partial charge is 0.144 e. The molecule has 96 valence electrons. The average Bonchev–Trinajstić information content (AvgIpc) is 2.89. The summed E-state index contributed by atoms with van der Waals surface area (Å²) in [6.07, 6.45) is 3.47. The Morgan fingerprint density at radius 2 is 2.11 bits per heavy atom. The number of nitrogens with two attached hydrogens (primary N) is 1. The molecule has 3 aromatic rings. The second-order valence-corrected chi connectivity index (χ2v) is 4.17. The molecule has 0 aliphatic heterocycles. The van der Waals surface area contributed by atoms with Gasteiger partial charge in [0.2, 0.25) is 0 Å². The maximum Gasteiger partial charge on any atom is 0.144 e. The number of para-hydroxylation sites is 1. The van der Waals surface area contributed by atoms with E-state index in [0.717, 1.165) is 22.4 Å². The lowest BCUT2D eigenvalue weighted by Crippen LogP contribution is -2.06. The number of furan rings is 1. The third kappa shape index (κ3) is 2.41. The highest BCUT2D eigenvalue weighted by Crippen LogP contribution is 2.21. The average molecular weight is 254 g/mol. The predicted octanol–water partition coefficient (Wildman–Crippen LogP) is 2.29. The summed E-state index contributed by atoms with van der Waals surface area (Å²) in [6.45, 7) is 0.988. The largest absolute Gasteiger partial charge is 0.464 e. The minimum absolute atomic E-state index is 0.337. The van der Waals surface area contributed by atoms with Crippen LogP contribution in [0.3, 0.4) is 0 Å². The Morgan fingerprint density at radius 3 is 3.00 bits per heavy atom. The second kappa shape index (κ2) is 5.07. The number of anilines is 1. The lowest BCUT2D eigenvalue weighted by Gasteiger charge is -2.05. The van der Waals surface area contributed by atoms with Crippen LogP contribution in [-0.4, -0.2) is 9.97 Å². The van der Waals surface area contributed by atoms with Gasteiger partial charge in [0, 0.05) is 23.7 Å². The van der Waals surface area contributed by atoms with Crippen molar-refractivity contribution < 1.29 is 4.42 Å². The van der Waals surface area contributed by atoms with Crippen LogP contribution in [0.1, 0.15) is 11.4 Å². The first kappa shape index (κ1) is 11.7. The van der Waals surface area contributed by atoms with Crippen LogP contribution < -0.4 is 11.1 Å². The van der Waals surface area contributed by atoms with Gasteiger partial charge in [0.25, 0.3) is 0 Å². The van der Waals surface area contributed by atoms with Crippen LogP contribution >= 0.6 is 0 Å². The van der Waals surface area contributed by atoms with Gasteiger partial charge in [-0.3, -0.25) is 0 Å². The fraction of sp³-hybridized carbons (Fsp3) is 0.143. The van der Waals surface area contributed by atoms with Gasteiger partial charge in [-0.05, 0) is 12.1 Å². The molecule has 2 aromatic heterocycles. The summed E-state index contributed by atoms with van der Waals surface area (Å²) >= 11 is 0. The van der Waals surface area contributed by atoms with Crippen molar-refractivity contribution in [2.24, 2.45) is 5.73 Å². The molecule has 5 nitrogen and oxygen atoms in total. The third-order valence-corrected chi connectivity index (χ3v) is 2.91. The summed E-state index contributed by atoms with van der Waals surface area (Å²) in [5.41, 5.74) is 7.51. The van der Waals surface area contributed by atoms with E-state index in [9.17, 15) is 0 Å². The number of aromatic nitrogens is 2. The van der Waals surface area contributed by atoms with Crippen molar-refractivity contribution in [3.8, 4) is 0 Å². The molecule has 5 heteroatoms. The molecule has 0 radical (unpaired) electrons. The molecule has 0 amide bonds. The summed E-state index contributed by atoms with van der Waals surface area (Å²) in [4.78, 5) is 8.35. The molecule has 2 heterocycles. The first-order chi connectivity index (χ1) is 9.36. The van der Waals surface area contributed by atoms with Crippen LogP contribution in [0, 0.1) is 0 Å². The van der Waals surface area contributed by atoms with E-state index in [4.69, 9.17) is 10.2 Å². The number of hydrogen-bond acceptors (Lipinski definition) is 5. The second-order valence-electron chi connectivity index (χ2n) is 4.17. The first-order valence-electron chi connectivity index (χ1n) is 6.08. The number of nitrogens with one attached hydrogen (secondary N) is 1. The highest BCUT2D eigenvalue weighted by molar-refractivity contribution is 5.81. The minimum Gasteiger partial charge on any atom is -0.464 e. The fourth-order valence-electron chi connectivity index (χ4n) is 1.95. The number of rotatable bonds is 4. The van der Waals surface area contributed by atoms with Gasteiger partial charge in [0.05, 0.1) is 12.8 Å². The van der Waals surface area contributed by atoms with Crippen LogP contribution in [-0.2, 0) is 13.1 Å². The molecule has 3 N–H and O–H groups in total. The van der Waals surface area contributed by atoms with Gasteiger partial charge in [-0.1, -0.05) is 18.2 Å². The van der Waals surface area contributed by atoms with Crippen molar-refractivity contribution in [2.45, 2.75) is 13.1 Å². The molecular weight excluding hydrogens is 240 g/mol. The van der Waals surface area contributed by atoms with Gasteiger partial charge in [-0.25, -0.2) is 9.97 Å². The first-order valence-corrected chi connectivity index (χ1v) is 6.08. The quantitative estimate of drug-likeness (QED) is 0.747. The van der Waals surface area contributed by atoms with Crippen LogP contribution in [0.15, 0.2) is 47.2 Å². The molecule has 0 unspecified atom stereocenters. The topological polar surface area (TPSA) is 77.0 Å². The Bertz CT molecular complexity index is 692. The summed E-state index contributed by atoms with van der Waals surface area (Å²) in [6, 6.07) is 9.78. The van der Waals surface area contributed by atoms with E-state index in [1.807, 2.05) is 30.3 Å². The Balaban J connectivity index is 1.78. The maximum atomic E-state index is 5.52. The fourth-order valence-corrected chi connectivity index (χ4v) is 1.95. The lowest BCUT2D eigenvalue weighted by molar-refractivity contribution is 0.611. The molecule has 0 spiro atoms. The van der Waals surface area contributed by atoms with E-state index in [-0.39, 0.29) is 0 Å². The molecule has 3 rings (SSSR count). The zero-order valence-corrected chi connectivity index (χ0v) is 10.3. The third-order valence-electron chi connectivity index (χ3n) is 2.91. The molecule has 0 fully saturated rings. The normalized spacial score (nSPS) is 10.8. The number of nitrogens with zero attached hydrogens (tertiary/aromatic N) is 2. The van der Waals surface area contributed by atoms with E-state index >= 15 is 0 Å². The van der Waals surface area contributed by atoms with Gasteiger partial charge in [0.15, 0.2) is 0 Å². The van der Waals surface area contributed by atoms with Crippen molar-refractivity contribution in [3.05, 3.63) is 54.2 Å². The zero-order valence-electron chi connectivity index (χ0n) is 10.3. The number of hydrogen-bond donors (Lipinski definition) is 2. The summed E-state index contributed by atoms with van der Waals surface area (Å²) < 4.78 is 5.49. The molecule has 0 saturated heterocycles. The molecule has 19 heavy (non-hydrogen) atoms. The van der Waals surface area contributed by atoms with Crippen molar-refractivity contribution in [2.75, 3.05) is 5.32 Å². The number of fused-ring (bicyclic) bond motifs is 1. The zero-order chi connectivity index (χ0) is 13.1. The molecule has 0 saturated carbocycles. The van der Waals surface area contributed by atoms with Gasteiger partial charge < -0.3 is 15.5 Å². The molecule has 0 bridgehead atoms. The van der Waals surface area contributed by atoms with Crippen LogP contribution in [0.5, 0.6) is 0 Å². The van der Waals surface area contributed by atoms with Crippen molar-refractivity contribution in [3.63, 3.8) is 0 Å². The van der Waals surface area contributed by atoms with Crippen LogP contribution in [0.4, 0.5) is 5.82 Å². The van der Waals surface area contributed by atoms with Crippen molar-refractivity contribution in [1.29, 1.82) is 0 Å². The Morgan fingerprint density at radius 1 is 1.21 bits per heavy atom. The molecule has 0 aliphatic rings. The van der Waals surface area contributed by atoms with Crippen LogP contribution in [0.2, 0.25) is 0 Å². The summed E-state index contributed by atoms with van der Waals surface area (Å²) in [5, 5.41) is 4.36.